The summed E-state index contributed by atoms with van der Waals surface area (Å²) in [5.74, 6) is 0.138. The Kier molecular flexibility index (Phi) is 4.76. The molecule has 106 valence electrons. The molecule has 0 amide bonds. The number of amidine groups is 1. The Hall–Kier alpha value is -1.85. The Balaban J connectivity index is 2.03. The lowest BCUT2D eigenvalue weighted by atomic mass is 10.0. The van der Waals surface area contributed by atoms with Gasteiger partial charge in [0.1, 0.15) is 0 Å². The normalized spacial score (nSPS) is 13.4. The molecule has 0 bridgehead atoms. The first-order valence-corrected chi connectivity index (χ1v) is 7.34. The topological polar surface area (TPSA) is 70.6 Å². The van der Waals surface area contributed by atoms with Crippen LogP contribution in [0.1, 0.15) is 34.5 Å². The Bertz CT molecular complexity index is 593. The van der Waals surface area contributed by atoms with Gasteiger partial charge in [-0.2, -0.15) is 0 Å². The van der Waals surface area contributed by atoms with E-state index in [4.69, 9.17) is 10.9 Å². The minimum absolute atomic E-state index is 0.138. The highest BCUT2D eigenvalue weighted by molar-refractivity contribution is 7.10. The lowest BCUT2D eigenvalue weighted by molar-refractivity contribution is 0.318. The first-order chi connectivity index (χ1) is 9.61. The zero-order valence-corrected chi connectivity index (χ0v) is 12.4. The summed E-state index contributed by atoms with van der Waals surface area (Å²) in [5.41, 5.74) is 8.66. The summed E-state index contributed by atoms with van der Waals surface area (Å²) in [7, 11) is 0. The number of aryl methyl sites for hydroxylation is 1. The largest absolute Gasteiger partial charge is 0.409 e. The molecule has 0 fully saturated rings. The van der Waals surface area contributed by atoms with E-state index in [1.807, 2.05) is 25.1 Å². The van der Waals surface area contributed by atoms with E-state index in [1.54, 1.807) is 11.3 Å². The quantitative estimate of drug-likeness (QED) is 0.343. The second kappa shape index (κ2) is 6.54. The maximum absolute atomic E-state index is 8.68. The second-order valence-electron chi connectivity index (χ2n) is 4.74. The van der Waals surface area contributed by atoms with Gasteiger partial charge in [0, 0.05) is 23.0 Å². The number of hydrogen-bond donors (Lipinski definition) is 3. The average Bonchev–Trinajstić information content (AvgIpc) is 2.99. The van der Waals surface area contributed by atoms with Crippen LogP contribution in [-0.4, -0.2) is 11.0 Å². The van der Waals surface area contributed by atoms with E-state index in [-0.39, 0.29) is 5.84 Å². The van der Waals surface area contributed by atoms with Crippen LogP contribution in [0.15, 0.2) is 40.9 Å². The van der Waals surface area contributed by atoms with Gasteiger partial charge in [-0.05, 0) is 42.5 Å². The maximum Gasteiger partial charge on any atom is 0.170 e. The van der Waals surface area contributed by atoms with Gasteiger partial charge in [-0.25, -0.2) is 0 Å². The van der Waals surface area contributed by atoms with Gasteiger partial charge in [-0.1, -0.05) is 23.4 Å². The minimum Gasteiger partial charge on any atom is -0.409 e. The standard InChI is InChI=1S/C15H19N3OS/c1-10-8-12(15(16)18-19)5-6-13(10)9-17-11(2)14-4-3-7-20-14/h3-8,11,17,19H,9H2,1-2H3,(H2,16,18)/t11-/m1/s1. The molecular formula is C15H19N3OS. The highest BCUT2D eigenvalue weighted by Gasteiger charge is 2.08. The number of oxime groups is 1. The molecule has 0 aliphatic rings. The van der Waals surface area contributed by atoms with Gasteiger partial charge in [0.05, 0.1) is 0 Å². The number of benzene rings is 1. The van der Waals surface area contributed by atoms with Crippen molar-refractivity contribution >= 4 is 17.2 Å². The van der Waals surface area contributed by atoms with E-state index in [0.29, 0.717) is 6.04 Å². The molecule has 4 N–H and O–H groups in total. The fourth-order valence-electron chi connectivity index (χ4n) is 2.01. The Morgan fingerprint density at radius 1 is 1.45 bits per heavy atom. The van der Waals surface area contributed by atoms with Crippen LogP contribution in [0.4, 0.5) is 0 Å². The third-order valence-corrected chi connectivity index (χ3v) is 4.37. The zero-order valence-electron chi connectivity index (χ0n) is 11.6. The van der Waals surface area contributed by atoms with Crippen molar-refractivity contribution in [3.63, 3.8) is 0 Å². The Labute approximate surface area is 122 Å². The van der Waals surface area contributed by atoms with E-state index >= 15 is 0 Å². The van der Waals surface area contributed by atoms with Gasteiger partial charge in [-0.15, -0.1) is 11.3 Å². The van der Waals surface area contributed by atoms with Crippen LogP contribution in [0.5, 0.6) is 0 Å². The van der Waals surface area contributed by atoms with Gasteiger partial charge >= 0.3 is 0 Å². The van der Waals surface area contributed by atoms with E-state index < -0.39 is 0 Å². The molecule has 2 aromatic rings. The monoisotopic (exact) mass is 289 g/mol. The van der Waals surface area contributed by atoms with Crippen molar-refractivity contribution in [2.45, 2.75) is 26.4 Å². The number of rotatable bonds is 5. The number of nitrogens with one attached hydrogen (secondary N) is 1. The lowest BCUT2D eigenvalue weighted by Crippen LogP contribution is -2.18. The number of thiophene rings is 1. The maximum atomic E-state index is 8.68. The van der Waals surface area contributed by atoms with E-state index in [2.05, 4.69) is 34.9 Å². The van der Waals surface area contributed by atoms with Gasteiger partial charge in [-0.3, -0.25) is 0 Å². The molecule has 20 heavy (non-hydrogen) atoms. The molecule has 0 aliphatic carbocycles. The third-order valence-electron chi connectivity index (χ3n) is 3.31. The van der Waals surface area contributed by atoms with Crippen molar-refractivity contribution in [3.8, 4) is 0 Å². The van der Waals surface area contributed by atoms with Gasteiger partial charge in [0.25, 0.3) is 0 Å². The molecule has 1 aromatic heterocycles. The van der Waals surface area contributed by atoms with Crippen LogP contribution in [0.3, 0.4) is 0 Å². The summed E-state index contributed by atoms with van der Waals surface area (Å²) >= 11 is 1.76. The molecule has 1 atom stereocenters. The molecule has 2 rings (SSSR count). The van der Waals surface area contributed by atoms with Crippen molar-refractivity contribution in [1.29, 1.82) is 0 Å². The smallest absolute Gasteiger partial charge is 0.170 e. The zero-order chi connectivity index (χ0) is 14.5. The predicted molar refractivity (Wildman–Crippen MR) is 83.3 cm³/mol. The Morgan fingerprint density at radius 2 is 2.25 bits per heavy atom. The summed E-state index contributed by atoms with van der Waals surface area (Å²) in [5, 5.41) is 17.3. The van der Waals surface area contributed by atoms with E-state index in [1.165, 1.54) is 10.4 Å². The molecule has 0 saturated heterocycles. The molecule has 4 nitrogen and oxygen atoms in total. The van der Waals surface area contributed by atoms with E-state index in [9.17, 15) is 0 Å². The van der Waals surface area contributed by atoms with Gasteiger partial charge < -0.3 is 16.3 Å². The summed E-state index contributed by atoms with van der Waals surface area (Å²) < 4.78 is 0. The molecule has 1 heterocycles. The summed E-state index contributed by atoms with van der Waals surface area (Å²) in [4.78, 5) is 1.33. The van der Waals surface area contributed by atoms with Crippen molar-refractivity contribution in [3.05, 3.63) is 57.3 Å². The molecular weight excluding hydrogens is 270 g/mol. The van der Waals surface area contributed by atoms with Gasteiger partial charge in [0.2, 0.25) is 0 Å². The fraction of sp³-hybridized carbons (Fsp3) is 0.267. The van der Waals surface area contributed by atoms with Crippen LogP contribution in [0.2, 0.25) is 0 Å². The van der Waals surface area contributed by atoms with Crippen molar-refractivity contribution in [1.82, 2.24) is 5.32 Å². The molecule has 0 aliphatic heterocycles. The van der Waals surface area contributed by atoms with Crippen LogP contribution in [-0.2, 0) is 6.54 Å². The molecule has 1 aromatic carbocycles. The lowest BCUT2D eigenvalue weighted by Gasteiger charge is -2.14. The summed E-state index contributed by atoms with van der Waals surface area (Å²) in [6.07, 6.45) is 0. The van der Waals surface area contributed by atoms with Crippen LogP contribution >= 0.6 is 11.3 Å². The van der Waals surface area contributed by atoms with Gasteiger partial charge in [0.15, 0.2) is 5.84 Å². The number of nitrogens with zero attached hydrogens (tertiary/aromatic N) is 1. The minimum atomic E-state index is 0.138. The van der Waals surface area contributed by atoms with Crippen molar-refractivity contribution in [2.75, 3.05) is 0 Å². The molecule has 0 saturated carbocycles. The first-order valence-electron chi connectivity index (χ1n) is 6.46. The fourth-order valence-corrected chi connectivity index (χ4v) is 2.77. The highest BCUT2D eigenvalue weighted by Crippen LogP contribution is 2.19. The molecule has 0 radical (unpaired) electrons. The second-order valence-corrected chi connectivity index (χ2v) is 5.72. The third kappa shape index (κ3) is 3.37. The molecule has 0 spiro atoms. The summed E-state index contributed by atoms with van der Waals surface area (Å²) in [6, 6.07) is 10.3. The first kappa shape index (κ1) is 14.6. The number of nitrogens with two attached hydrogens (primary N) is 1. The highest BCUT2D eigenvalue weighted by atomic mass is 32.1. The van der Waals surface area contributed by atoms with E-state index in [0.717, 1.165) is 17.7 Å². The van der Waals surface area contributed by atoms with Crippen LogP contribution < -0.4 is 11.1 Å². The molecule has 5 heteroatoms. The molecule has 0 unspecified atom stereocenters. The SMILES string of the molecule is Cc1cc(/C(N)=N/O)ccc1CN[C@H](C)c1cccs1. The van der Waals surface area contributed by atoms with Crippen LogP contribution in [0, 0.1) is 6.92 Å². The summed E-state index contributed by atoms with van der Waals surface area (Å²) in [6.45, 7) is 4.98. The van der Waals surface area contributed by atoms with Crippen LogP contribution in [0.25, 0.3) is 0 Å². The van der Waals surface area contributed by atoms with Crippen molar-refractivity contribution < 1.29 is 5.21 Å². The Morgan fingerprint density at radius 3 is 2.85 bits per heavy atom. The number of hydrogen-bond acceptors (Lipinski definition) is 4. The van der Waals surface area contributed by atoms with Crippen molar-refractivity contribution in [2.24, 2.45) is 10.9 Å². The average molecular weight is 289 g/mol. The predicted octanol–water partition coefficient (Wildman–Crippen LogP) is 3.00.